The molecule has 4 bridgehead atoms. The fraction of sp³-hybridized carbons (Fsp3) is 0.609. The Morgan fingerprint density at radius 3 is 2.30 bits per heavy atom. The van der Waals surface area contributed by atoms with E-state index < -0.39 is 0 Å². The van der Waals surface area contributed by atoms with Gasteiger partial charge in [0.1, 0.15) is 0 Å². The fourth-order valence-corrected chi connectivity index (χ4v) is 6.31. The Hall–Kier alpha value is -2.57. The van der Waals surface area contributed by atoms with Gasteiger partial charge >= 0.3 is 6.03 Å². The Balaban J connectivity index is 1.12. The van der Waals surface area contributed by atoms with Crippen LogP contribution in [0.2, 0.25) is 0 Å². The predicted molar refractivity (Wildman–Crippen MR) is 112 cm³/mol. The lowest BCUT2D eigenvalue weighted by atomic mass is 9.54. The standard InChI is InChI=1S/C23H30N4O3/c28-20-13-27(6-5-24-20)22(29)17-3-1-14(2-4-17)12-25-23(30)26-21-18-8-15-7-16(10-18)11-19(21)9-15/h1-4,15-16,18-19,21H,5-13H2,(H,24,28)(H2,25,26,30). The monoisotopic (exact) mass is 410 g/mol. The Labute approximate surface area is 177 Å². The molecular formula is C23H30N4O3. The maximum Gasteiger partial charge on any atom is 0.315 e. The molecule has 1 aromatic rings. The topological polar surface area (TPSA) is 90.5 Å². The van der Waals surface area contributed by atoms with Crippen molar-refractivity contribution >= 4 is 17.8 Å². The zero-order chi connectivity index (χ0) is 20.7. The minimum Gasteiger partial charge on any atom is -0.353 e. The first-order valence-electron chi connectivity index (χ1n) is 11.2. The molecule has 0 aromatic heterocycles. The molecule has 1 aliphatic heterocycles. The number of nitrogens with one attached hydrogen (secondary N) is 3. The van der Waals surface area contributed by atoms with Crippen molar-refractivity contribution in [1.29, 1.82) is 0 Å². The molecule has 5 aliphatic rings. The van der Waals surface area contributed by atoms with E-state index in [4.69, 9.17) is 0 Å². The van der Waals surface area contributed by atoms with Crippen LogP contribution < -0.4 is 16.0 Å². The summed E-state index contributed by atoms with van der Waals surface area (Å²) in [6, 6.07) is 7.50. The summed E-state index contributed by atoms with van der Waals surface area (Å²) in [6.07, 6.45) is 6.55. The number of rotatable bonds is 4. The van der Waals surface area contributed by atoms with Gasteiger partial charge in [-0.3, -0.25) is 9.59 Å². The van der Waals surface area contributed by atoms with Crippen LogP contribution in [0.25, 0.3) is 0 Å². The SMILES string of the molecule is O=C1CN(C(=O)c2ccc(CNC(=O)NC3C4CC5CC(C4)CC3C5)cc2)CCN1. The van der Waals surface area contributed by atoms with Gasteiger partial charge < -0.3 is 20.9 Å². The van der Waals surface area contributed by atoms with Crippen LogP contribution >= 0.6 is 0 Å². The first-order valence-corrected chi connectivity index (χ1v) is 11.2. The molecule has 1 heterocycles. The second-order valence-corrected chi connectivity index (χ2v) is 9.56. The van der Waals surface area contributed by atoms with E-state index in [-0.39, 0.29) is 24.4 Å². The number of benzene rings is 1. The molecule has 5 fully saturated rings. The van der Waals surface area contributed by atoms with Crippen molar-refractivity contribution in [3.05, 3.63) is 35.4 Å². The van der Waals surface area contributed by atoms with Gasteiger partial charge in [0, 0.05) is 31.2 Å². The van der Waals surface area contributed by atoms with Gasteiger partial charge in [-0.1, -0.05) is 12.1 Å². The van der Waals surface area contributed by atoms with Crippen LogP contribution in [0.5, 0.6) is 0 Å². The number of nitrogens with zero attached hydrogens (tertiary/aromatic N) is 1. The summed E-state index contributed by atoms with van der Waals surface area (Å²) in [5.41, 5.74) is 1.51. The van der Waals surface area contributed by atoms with E-state index >= 15 is 0 Å². The van der Waals surface area contributed by atoms with Gasteiger partial charge in [-0.15, -0.1) is 0 Å². The van der Waals surface area contributed by atoms with Crippen LogP contribution in [0.3, 0.4) is 0 Å². The van der Waals surface area contributed by atoms with Crippen molar-refractivity contribution in [2.75, 3.05) is 19.6 Å². The molecule has 30 heavy (non-hydrogen) atoms. The zero-order valence-electron chi connectivity index (χ0n) is 17.2. The highest BCUT2D eigenvalue weighted by Crippen LogP contribution is 2.53. The van der Waals surface area contributed by atoms with Gasteiger partial charge in [0.15, 0.2) is 0 Å². The molecule has 160 valence electrons. The van der Waals surface area contributed by atoms with E-state index in [0.29, 0.717) is 43.1 Å². The first-order chi connectivity index (χ1) is 14.5. The Morgan fingerprint density at radius 1 is 1.00 bits per heavy atom. The average Bonchev–Trinajstić information content (AvgIpc) is 2.74. The molecule has 4 aliphatic carbocycles. The molecule has 7 nitrogen and oxygen atoms in total. The maximum atomic E-state index is 12.5. The molecule has 6 rings (SSSR count). The van der Waals surface area contributed by atoms with E-state index in [0.717, 1.165) is 17.4 Å². The smallest absolute Gasteiger partial charge is 0.315 e. The Bertz CT molecular complexity index is 809. The third-order valence-electron chi connectivity index (χ3n) is 7.50. The van der Waals surface area contributed by atoms with E-state index in [2.05, 4.69) is 16.0 Å². The molecule has 7 heteroatoms. The summed E-state index contributed by atoms with van der Waals surface area (Å²) in [7, 11) is 0. The Morgan fingerprint density at radius 2 is 1.67 bits per heavy atom. The van der Waals surface area contributed by atoms with Gasteiger partial charge in [-0.2, -0.15) is 0 Å². The minimum absolute atomic E-state index is 0.0908. The van der Waals surface area contributed by atoms with Crippen LogP contribution in [0.15, 0.2) is 24.3 Å². The second kappa shape index (κ2) is 7.93. The molecule has 0 spiro atoms. The van der Waals surface area contributed by atoms with Crippen LogP contribution in [0.1, 0.15) is 48.0 Å². The van der Waals surface area contributed by atoms with Crippen LogP contribution in [0.4, 0.5) is 4.79 Å². The number of carbonyl (C=O) groups is 3. The van der Waals surface area contributed by atoms with Crippen molar-refractivity contribution in [1.82, 2.24) is 20.9 Å². The van der Waals surface area contributed by atoms with Crippen molar-refractivity contribution in [3.8, 4) is 0 Å². The van der Waals surface area contributed by atoms with Crippen molar-refractivity contribution < 1.29 is 14.4 Å². The lowest BCUT2D eigenvalue weighted by Crippen LogP contribution is -2.57. The van der Waals surface area contributed by atoms with E-state index in [1.165, 1.54) is 32.1 Å². The summed E-state index contributed by atoms with van der Waals surface area (Å²) in [5.74, 6) is 2.86. The number of urea groups is 1. The molecular weight excluding hydrogens is 380 g/mol. The van der Waals surface area contributed by atoms with Gasteiger partial charge in [0.05, 0.1) is 6.54 Å². The molecule has 4 amide bonds. The largest absolute Gasteiger partial charge is 0.353 e. The highest BCUT2D eigenvalue weighted by molar-refractivity contribution is 5.97. The van der Waals surface area contributed by atoms with Crippen LogP contribution in [-0.2, 0) is 11.3 Å². The van der Waals surface area contributed by atoms with Gasteiger partial charge in [-0.05, 0) is 73.5 Å². The molecule has 0 radical (unpaired) electrons. The molecule has 4 saturated carbocycles. The number of hydrogen-bond acceptors (Lipinski definition) is 3. The summed E-state index contributed by atoms with van der Waals surface area (Å²) in [5, 5.41) is 8.96. The quantitative estimate of drug-likeness (QED) is 0.708. The van der Waals surface area contributed by atoms with Gasteiger partial charge in [-0.25, -0.2) is 4.79 Å². The molecule has 1 aromatic carbocycles. The lowest BCUT2D eigenvalue weighted by molar-refractivity contribution is -0.123. The number of amides is 4. The van der Waals surface area contributed by atoms with Gasteiger partial charge in [0.2, 0.25) is 5.91 Å². The average molecular weight is 411 g/mol. The summed E-state index contributed by atoms with van der Waals surface area (Å²) in [6.45, 7) is 1.55. The highest BCUT2D eigenvalue weighted by Gasteiger charge is 2.48. The number of hydrogen-bond donors (Lipinski definition) is 3. The normalized spacial score (nSPS) is 31.9. The molecule has 1 saturated heterocycles. The minimum atomic E-state index is -0.135. The molecule has 0 unspecified atom stereocenters. The molecule has 3 N–H and O–H groups in total. The van der Waals surface area contributed by atoms with E-state index in [9.17, 15) is 14.4 Å². The maximum absolute atomic E-state index is 12.5. The van der Waals surface area contributed by atoms with Crippen molar-refractivity contribution in [2.24, 2.45) is 23.7 Å². The van der Waals surface area contributed by atoms with Crippen molar-refractivity contribution in [2.45, 2.75) is 44.7 Å². The predicted octanol–water partition coefficient (Wildman–Crippen LogP) is 1.88. The van der Waals surface area contributed by atoms with E-state index in [1.807, 2.05) is 12.1 Å². The fourth-order valence-electron chi connectivity index (χ4n) is 6.31. The summed E-state index contributed by atoms with van der Waals surface area (Å²) < 4.78 is 0. The number of carbonyl (C=O) groups excluding carboxylic acids is 3. The second-order valence-electron chi connectivity index (χ2n) is 9.56. The van der Waals surface area contributed by atoms with Gasteiger partial charge in [0.25, 0.3) is 5.91 Å². The molecule has 0 atom stereocenters. The van der Waals surface area contributed by atoms with Crippen LogP contribution in [-0.4, -0.2) is 48.4 Å². The van der Waals surface area contributed by atoms with Crippen molar-refractivity contribution in [3.63, 3.8) is 0 Å². The third-order valence-corrected chi connectivity index (χ3v) is 7.50. The highest BCUT2D eigenvalue weighted by atomic mass is 16.2. The zero-order valence-corrected chi connectivity index (χ0v) is 17.2. The third kappa shape index (κ3) is 3.89. The van der Waals surface area contributed by atoms with Crippen LogP contribution in [0, 0.1) is 23.7 Å². The summed E-state index contributed by atoms with van der Waals surface area (Å²) >= 11 is 0. The lowest BCUT2D eigenvalue weighted by Gasteiger charge is -2.54. The summed E-state index contributed by atoms with van der Waals surface area (Å²) in [4.78, 5) is 38.1. The first kappa shape index (κ1) is 19.4. The van der Waals surface area contributed by atoms with E-state index in [1.54, 1.807) is 17.0 Å². The Kier molecular flexibility index (Phi) is 5.13. The number of piperazine rings is 1.